The van der Waals surface area contributed by atoms with Crippen LogP contribution in [-0.2, 0) is 14.8 Å². The number of aromatic nitrogens is 1. The summed E-state index contributed by atoms with van der Waals surface area (Å²) in [5.74, 6) is 0.714. The monoisotopic (exact) mass is 482 g/mol. The molecule has 3 aliphatic rings. The molecule has 7 nitrogen and oxygen atoms in total. The van der Waals surface area contributed by atoms with E-state index in [1.54, 1.807) is 4.31 Å². The van der Waals surface area contributed by atoms with Crippen molar-refractivity contribution in [2.24, 2.45) is 11.8 Å². The van der Waals surface area contributed by atoms with Crippen molar-refractivity contribution < 1.29 is 13.2 Å². The Morgan fingerprint density at radius 1 is 1.09 bits per heavy atom. The average molecular weight is 483 g/mol. The first kappa shape index (κ1) is 23.9. The lowest BCUT2D eigenvalue weighted by Crippen LogP contribution is -2.52. The van der Waals surface area contributed by atoms with E-state index in [9.17, 15) is 13.2 Å². The molecular weight excluding hydrogens is 448 g/mol. The Bertz CT molecular complexity index is 888. The topological polar surface area (TPSA) is 73.8 Å². The zero-order chi connectivity index (χ0) is 22.9. The zero-order valence-corrected chi connectivity index (χ0v) is 20.7. The second-order valence-corrected chi connectivity index (χ2v) is 12.1. The van der Waals surface area contributed by atoms with Crippen molar-refractivity contribution in [1.29, 1.82) is 0 Å². The molecule has 2 heterocycles. The van der Waals surface area contributed by atoms with Gasteiger partial charge in [0.25, 0.3) is 0 Å². The minimum atomic E-state index is -3.63. The van der Waals surface area contributed by atoms with E-state index in [1.165, 1.54) is 18.3 Å². The van der Waals surface area contributed by atoms with Gasteiger partial charge >= 0.3 is 0 Å². The molecule has 1 saturated heterocycles. The predicted octanol–water partition coefficient (Wildman–Crippen LogP) is 3.25. The molecule has 178 valence electrons. The number of nitrogens with zero attached hydrogens (tertiary/aromatic N) is 4. The van der Waals surface area contributed by atoms with Gasteiger partial charge in [-0.15, -0.1) is 0 Å². The molecule has 9 heteroatoms. The minimum absolute atomic E-state index is 0.0135. The highest BCUT2D eigenvalue weighted by molar-refractivity contribution is 7.89. The maximum absolute atomic E-state index is 13.4. The van der Waals surface area contributed by atoms with Crippen LogP contribution in [0.4, 0.5) is 0 Å². The van der Waals surface area contributed by atoms with Crippen LogP contribution in [0.25, 0.3) is 0 Å². The normalized spacial score (nSPS) is 25.5. The van der Waals surface area contributed by atoms with Crippen LogP contribution < -0.4 is 0 Å². The van der Waals surface area contributed by atoms with Crippen LogP contribution in [0.3, 0.4) is 0 Å². The van der Waals surface area contributed by atoms with Crippen molar-refractivity contribution in [2.45, 2.75) is 69.4 Å². The van der Waals surface area contributed by atoms with E-state index in [4.69, 9.17) is 11.6 Å². The van der Waals surface area contributed by atoms with Gasteiger partial charge in [0.05, 0.1) is 0 Å². The molecule has 0 spiro atoms. The molecule has 0 bridgehead atoms. The zero-order valence-electron chi connectivity index (χ0n) is 19.1. The van der Waals surface area contributed by atoms with Crippen molar-refractivity contribution in [2.75, 3.05) is 32.7 Å². The summed E-state index contributed by atoms with van der Waals surface area (Å²) in [6, 6.07) is 3.52. The number of hydrogen-bond acceptors (Lipinski definition) is 5. The summed E-state index contributed by atoms with van der Waals surface area (Å²) < 4.78 is 28.5. The third-order valence-electron chi connectivity index (χ3n) is 7.25. The van der Waals surface area contributed by atoms with E-state index in [1.807, 2.05) is 4.90 Å². The lowest BCUT2D eigenvalue weighted by atomic mass is 9.85. The second-order valence-electron chi connectivity index (χ2n) is 9.80. The standard InChI is InChI=1S/C23H35ClN4O3S/c1-17(2)26-11-13-27(14-12-26)23(29)19-5-7-20(8-6-19)28(16-18-3-4-18)32(30,31)21-9-10-22(24)25-15-21/h9-10,15,17-20H,3-8,11-14,16H2,1-2H3/t19-,20-. The molecule has 1 aromatic heterocycles. The summed E-state index contributed by atoms with van der Waals surface area (Å²) in [7, 11) is -3.63. The summed E-state index contributed by atoms with van der Waals surface area (Å²) >= 11 is 5.86. The molecule has 1 aliphatic heterocycles. The SMILES string of the molecule is CC(C)N1CCN(C(=O)[C@H]2CC[C@H](N(CC3CC3)S(=O)(=O)c3ccc(Cl)nc3)CC2)CC1. The van der Waals surface area contributed by atoms with Gasteiger partial charge in [-0.3, -0.25) is 9.69 Å². The van der Waals surface area contributed by atoms with Crippen molar-refractivity contribution in [3.8, 4) is 0 Å². The van der Waals surface area contributed by atoms with E-state index in [0.717, 1.165) is 64.7 Å². The van der Waals surface area contributed by atoms with Gasteiger partial charge < -0.3 is 4.90 Å². The number of pyridine rings is 1. The summed E-state index contributed by atoms with van der Waals surface area (Å²) in [5.41, 5.74) is 0. The summed E-state index contributed by atoms with van der Waals surface area (Å²) in [6.45, 7) is 8.40. The average Bonchev–Trinajstić information content (AvgIpc) is 3.62. The van der Waals surface area contributed by atoms with E-state index >= 15 is 0 Å². The number of sulfonamides is 1. The van der Waals surface area contributed by atoms with Gasteiger partial charge in [0.15, 0.2) is 0 Å². The van der Waals surface area contributed by atoms with Gasteiger partial charge in [0, 0.05) is 56.9 Å². The first-order valence-electron chi connectivity index (χ1n) is 11.9. The lowest BCUT2D eigenvalue weighted by Gasteiger charge is -2.40. The third-order valence-corrected chi connectivity index (χ3v) is 9.38. The molecule has 0 radical (unpaired) electrons. The van der Waals surface area contributed by atoms with E-state index in [0.29, 0.717) is 18.5 Å². The minimum Gasteiger partial charge on any atom is -0.340 e. The van der Waals surface area contributed by atoms with E-state index < -0.39 is 10.0 Å². The van der Waals surface area contributed by atoms with Crippen LogP contribution in [0.1, 0.15) is 52.4 Å². The van der Waals surface area contributed by atoms with Crippen LogP contribution in [-0.4, -0.2) is 78.2 Å². The Morgan fingerprint density at radius 2 is 1.75 bits per heavy atom. The highest BCUT2D eigenvalue weighted by Gasteiger charge is 2.40. The smallest absolute Gasteiger partial charge is 0.244 e. The number of halogens is 1. The van der Waals surface area contributed by atoms with Gasteiger partial charge in [-0.2, -0.15) is 4.31 Å². The molecule has 32 heavy (non-hydrogen) atoms. The fourth-order valence-corrected chi connectivity index (χ4v) is 6.80. The largest absolute Gasteiger partial charge is 0.340 e. The molecular formula is C23H35ClN4O3S. The molecule has 2 aliphatic carbocycles. The molecule has 2 saturated carbocycles. The highest BCUT2D eigenvalue weighted by Crippen LogP contribution is 2.37. The van der Waals surface area contributed by atoms with Crippen molar-refractivity contribution in [3.63, 3.8) is 0 Å². The molecule has 3 fully saturated rings. The molecule has 0 N–H and O–H groups in total. The molecule has 1 aromatic rings. The van der Waals surface area contributed by atoms with Crippen LogP contribution in [0, 0.1) is 11.8 Å². The van der Waals surface area contributed by atoms with E-state index in [2.05, 4.69) is 23.7 Å². The molecule has 0 atom stereocenters. The molecule has 0 unspecified atom stereocenters. The maximum atomic E-state index is 13.4. The number of hydrogen-bond donors (Lipinski definition) is 0. The first-order valence-corrected chi connectivity index (χ1v) is 13.7. The summed E-state index contributed by atoms with van der Waals surface area (Å²) in [4.78, 5) is 21.7. The quantitative estimate of drug-likeness (QED) is 0.558. The number of piperazine rings is 1. The summed E-state index contributed by atoms with van der Waals surface area (Å²) in [5, 5.41) is 0.283. The van der Waals surface area contributed by atoms with Crippen molar-refractivity contribution in [3.05, 3.63) is 23.5 Å². The van der Waals surface area contributed by atoms with Crippen LogP contribution in [0.15, 0.2) is 23.2 Å². The van der Waals surface area contributed by atoms with Gasteiger partial charge in [-0.05, 0) is 70.4 Å². The van der Waals surface area contributed by atoms with Crippen LogP contribution >= 0.6 is 11.6 Å². The number of rotatable bonds is 7. The Morgan fingerprint density at radius 3 is 2.28 bits per heavy atom. The van der Waals surface area contributed by atoms with Gasteiger partial charge in [0.2, 0.25) is 15.9 Å². The Balaban J connectivity index is 1.38. The van der Waals surface area contributed by atoms with Crippen molar-refractivity contribution in [1.82, 2.24) is 19.1 Å². The van der Waals surface area contributed by atoms with E-state index in [-0.39, 0.29) is 27.9 Å². The van der Waals surface area contributed by atoms with Crippen molar-refractivity contribution >= 4 is 27.5 Å². The maximum Gasteiger partial charge on any atom is 0.244 e. The molecule has 0 aromatic carbocycles. The Labute approximate surface area is 197 Å². The lowest BCUT2D eigenvalue weighted by molar-refractivity contribution is -0.138. The van der Waals surface area contributed by atoms with Crippen LogP contribution in [0.5, 0.6) is 0 Å². The first-order chi connectivity index (χ1) is 15.3. The van der Waals surface area contributed by atoms with Crippen LogP contribution in [0.2, 0.25) is 5.15 Å². The summed E-state index contributed by atoms with van der Waals surface area (Å²) in [6.07, 6.45) is 6.49. The molecule has 1 amide bonds. The Kier molecular flexibility index (Phi) is 7.44. The Hall–Kier alpha value is -1.22. The van der Waals surface area contributed by atoms with Gasteiger partial charge in [0.1, 0.15) is 10.0 Å². The second kappa shape index (κ2) is 9.95. The number of carbonyl (C=O) groups is 1. The number of carbonyl (C=O) groups excluding carboxylic acids is 1. The fourth-order valence-electron chi connectivity index (χ4n) is 4.98. The highest BCUT2D eigenvalue weighted by atomic mass is 35.5. The van der Waals surface area contributed by atoms with Gasteiger partial charge in [-0.1, -0.05) is 11.6 Å². The molecule has 4 rings (SSSR count). The third kappa shape index (κ3) is 5.46. The fraction of sp³-hybridized carbons (Fsp3) is 0.739. The van der Waals surface area contributed by atoms with Gasteiger partial charge in [-0.25, -0.2) is 13.4 Å². The predicted molar refractivity (Wildman–Crippen MR) is 125 cm³/mol. The number of amides is 1.